The number of ether oxygens (including phenoxy) is 1. The van der Waals surface area contributed by atoms with Gasteiger partial charge in [0.25, 0.3) is 0 Å². The van der Waals surface area contributed by atoms with Gasteiger partial charge < -0.3 is 9.84 Å². The van der Waals surface area contributed by atoms with E-state index in [0.29, 0.717) is 6.61 Å². The second-order valence-electron chi connectivity index (χ2n) is 3.08. The van der Waals surface area contributed by atoms with Crippen LogP contribution in [-0.4, -0.2) is 41.9 Å². The molecule has 0 spiro atoms. The summed E-state index contributed by atoms with van der Waals surface area (Å²) in [7, 11) is -4.67. The fourth-order valence-corrected chi connectivity index (χ4v) is 0.708. The molecule has 15 heavy (non-hydrogen) atoms. The third-order valence-corrected chi connectivity index (χ3v) is 1.25. The third-order valence-electron chi connectivity index (χ3n) is 1.25. The van der Waals surface area contributed by atoms with E-state index in [1.54, 1.807) is 6.92 Å². The van der Waals surface area contributed by atoms with Gasteiger partial charge in [0.1, 0.15) is 0 Å². The fraction of sp³-hybridized carbons (Fsp3) is 1.00. The molecule has 0 fully saturated rings. The molecule has 1 atom stereocenters. The van der Waals surface area contributed by atoms with E-state index < -0.39 is 10.4 Å². The Morgan fingerprint density at radius 2 is 1.73 bits per heavy atom. The Morgan fingerprint density at radius 3 is 2.07 bits per heavy atom. The average molecular weight is 244 g/mol. The van der Waals surface area contributed by atoms with Crippen molar-refractivity contribution >= 4 is 10.4 Å². The zero-order valence-electron chi connectivity index (χ0n) is 9.09. The Bertz CT molecular complexity index is 203. The lowest BCUT2D eigenvalue weighted by atomic mass is 10.3. The first kappa shape index (κ1) is 17.2. The molecule has 0 rings (SSSR count). The zero-order chi connectivity index (χ0) is 12.3. The van der Waals surface area contributed by atoms with Crippen LogP contribution in [0, 0.1) is 0 Å². The minimum absolute atomic E-state index is 0.318. The molecule has 0 aliphatic carbocycles. The van der Waals surface area contributed by atoms with E-state index in [4.69, 9.17) is 27.4 Å². The molecule has 0 aromatic heterocycles. The smallest absolute Gasteiger partial charge is 0.391 e. The lowest BCUT2D eigenvalue weighted by Gasteiger charge is -2.04. The Balaban J connectivity index is 0. The molecule has 3 N–H and O–H groups in total. The zero-order valence-corrected chi connectivity index (χ0v) is 9.90. The normalized spacial score (nSPS) is 12.9. The maximum atomic E-state index is 8.78. The van der Waals surface area contributed by atoms with Gasteiger partial charge >= 0.3 is 10.4 Å². The maximum absolute atomic E-state index is 8.78. The molecule has 94 valence electrons. The van der Waals surface area contributed by atoms with Gasteiger partial charge in [-0.1, -0.05) is 19.8 Å². The molecule has 0 bridgehead atoms. The lowest BCUT2D eigenvalue weighted by Crippen LogP contribution is -2.10. The lowest BCUT2D eigenvalue weighted by molar-refractivity contribution is 0.0446. The molecule has 0 aromatic carbocycles. The molecule has 0 radical (unpaired) electrons. The fourth-order valence-electron chi connectivity index (χ4n) is 0.708. The Kier molecular flexibility index (Phi) is 11.8. The summed E-state index contributed by atoms with van der Waals surface area (Å²) in [5.74, 6) is 0. The predicted octanol–water partition coefficient (Wildman–Crippen LogP) is 0.921. The summed E-state index contributed by atoms with van der Waals surface area (Å²) in [6, 6.07) is 0. The molecular formula is C8H20O6S. The van der Waals surface area contributed by atoms with Gasteiger partial charge in [0, 0.05) is 6.61 Å². The number of rotatable bonds is 6. The van der Waals surface area contributed by atoms with Crippen molar-refractivity contribution in [2.75, 3.05) is 13.2 Å². The minimum Gasteiger partial charge on any atom is -0.391 e. The van der Waals surface area contributed by atoms with E-state index >= 15 is 0 Å². The second kappa shape index (κ2) is 10.3. The molecular weight excluding hydrogens is 224 g/mol. The summed E-state index contributed by atoms with van der Waals surface area (Å²) in [5, 5.41) is 8.78. The molecule has 0 amide bonds. The first-order valence-corrected chi connectivity index (χ1v) is 6.12. The highest BCUT2D eigenvalue weighted by atomic mass is 32.3. The van der Waals surface area contributed by atoms with Crippen LogP contribution in [0.2, 0.25) is 0 Å². The quantitative estimate of drug-likeness (QED) is 0.474. The van der Waals surface area contributed by atoms with Crippen molar-refractivity contribution in [1.29, 1.82) is 0 Å². The standard InChI is InChI=1S/C8H18O2.H2O4S/c1-3-4-5-6-10-7-8(2)9;1-5(2,3)4/h8-9H,3-7H2,1-2H3;(H2,1,2,3,4). The molecule has 0 aromatic rings. The van der Waals surface area contributed by atoms with Crippen LogP contribution in [0.25, 0.3) is 0 Å². The molecule has 7 heteroatoms. The van der Waals surface area contributed by atoms with Gasteiger partial charge in [-0.05, 0) is 13.3 Å². The van der Waals surface area contributed by atoms with E-state index in [-0.39, 0.29) is 6.10 Å². The monoisotopic (exact) mass is 244 g/mol. The van der Waals surface area contributed by atoms with Gasteiger partial charge in [0.15, 0.2) is 0 Å². The van der Waals surface area contributed by atoms with E-state index in [1.807, 2.05) is 0 Å². The number of unbranched alkanes of at least 4 members (excludes halogenated alkanes) is 2. The first-order chi connectivity index (χ1) is 6.77. The molecule has 6 nitrogen and oxygen atoms in total. The summed E-state index contributed by atoms with van der Waals surface area (Å²) >= 11 is 0. The minimum atomic E-state index is -4.67. The van der Waals surface area contributed by atoms with Crippen molar-refractivity contribution in [3.63, 3.8) is 0 Å². The van der Waals surface area contributed by atoms with Gasteiger partial charge in [-0.3, -0.25) is 9.11 Å². The number of aliphatic hydroxyl groups is 1. The first-order valence-electron chi connectivity index (χ1n) is 4.73. The van der Waals surface area contributed by atoms with Crippen LogP contribution in [0.1, 0.15) is 33.1 Å². The Hall–Kier alpha value is -0.210. The van der Waals surface area contributed by atoms with Crippen LogP contribution < -0.4 is 0 Å². The summed E-state index contributed by atoms with van der Waals surface area (Å²) in [4.78, 5) is 0. The van der Waals surface area contributed by atoms with Crippen molar-refractivity contribution < 1.29 is 27.4 Å². The van der Waals surface area contributed by atoms with Crippen LogP contribution in [0.4, 0.5) is 0 Å². The summed E-state index contributed by atoms with van der Waals surface area (Å²) < 4.78 is 36.7. The molecule has 0 heterocycles. The SMILES string of the molecule is CCCCCOCC(C)O.O=S(=O)(O)O. The molecule has 0 aliphatic heterocycles. The number of hydrogen-bond acceptors (Lipinski definition) is 4. The van der Waals surface area contributed by atoms with Crippen molar-refractivity contribution in [1.82, 2.24) is 0 Å². The van der Waals surface area contributed by atoms with Gasteiger partial charge in [0.2, 0.25) is 0 Å². The topological polar surface area (TPSA) is 104 Å². The van der Waals surface area contributed by atoms with E-state index in [0.717, 1.165) is 13.0 Å². The van der Waals surface area contributed by atoms with Gasteiger partial charge in [0.05, 0.1) is 12.7 Å². The van der Waals surface area contributed by atoms with Crippen molar-refractivity contribution in [2.24, 2.45) is 0 Å². The number of aliphatic hydroxyl groups excluding tert-OH is 1. The van der Waals surface area contributed by atoms with Gasteiger partial charge in [-0.15, -0.1) is 0 Å². The Labute approximate surface area is 90.8 Å². The summed E-state index contributed by atoms with van der Waals surface area (Å²) in [6.45, 7) is 5.16. The summed E-state index contributed by atoms with van der Waals surface area (Å²) in [5.41, 5.74) is 0. The molecule has 1 unspecified atom stereocenters. The van der Waals surface area contributed by atoms with E-state index in [1.165, 1.54) is 12.8 Å². The van der Waals surface area contributed by atoms with E-state index in [2.05, 4.69) is 6.92 Å². The van der Waals surface area contributed by atoms with Crippen molar-refractivity contribution in [2.45, 2.75) is 39.2 Å². The van der Waals surface area contributed by atoms with Crippen molar-refractivity contribution in [3.05, 3.63) is 0 Å². The van der Waals surface area contributed by atoms with Crippen LogP contribution in [0.15, 0.2) is 0 Å². The van der Waals surface area contributed by atoms with Crippen LogP contribution in [0.3, 0.4) is 0 Å². The highest BCUT2D eigenvalue weighted by Gasteiger charge is 1.93. The maximum Gasteiger partial charge on any atom is 0.394 e. The largest absolute Gasteiger partial charge is 0.394 e. The molecule has 0 saturated heterocycles. The predicted molar refractivity (Wildman–Crippen MR) is 56.2 cm³/mol. The van der Waals surface area contributed by atoms with E-state index in [9.17, 15) is 0 Å². The average Bonchev–Trinajstić information content (AvgIpc) is 2.00. The van der Waals surface area contributed by atoms with Crippen LogP contribution >= 0.6 is 0 Å². The highest BCUT2D eigenvalue weighted by Crippen LogP contribution is 1.94. The Morgan fingerprint density at radius 1 is 1.27 bits per heavy atom. The number of hydrogen-bond donors (Lipinski definition) is 3. The third kappa shape index (κ3) is 41.6. The van der Waals surface area contributed by atoms with Gasteiger partial charge in [-0.2, -0.15) is 8.42 Å². The van der Waals surface area contributed by atoms with Crippen LogP contribution in [-0.2, 0) is 15.1 Å². The van der Waals surface area contributed by atoms with Crippen molar-refractivity contribution in [3.8, 4) is 0 Å². The van der Waals surface area contributed by atoms with Crippen LogP contribution in [0.5, 0.6) is 0 Å². The summed E-state index contributed by atoms with van der Waals surface area (Å²) in [6.07, 6.45) is 3.24. The highest BCUT2D eigenvalue weighted by molar-refractivity contribution is 7.79. The molecule has 0 saturated carbocycles. The molecule has 0 aliphatic rings. The second-order valence-corrected chi connectivity index (χ2v) is 3.97. The van der Waals surface area contributed by atoms with Gasteiger partial charge in [-0.25, -0.2) is 0 Å².